The van der Waals surface area contributed by atoms with Gasteiger partial charge in [-0.05, 0) is 49.8 Å². The van der Waals surface area contributed by atoms with Crippen molar-refractivity contribution in [3.8, 4) is 5.75 Å². The highest BCUT2D eigenvalue weighted by Crippen LogP contribution is 2.30. The molecule has 2 heteroatoms. The standard InChI is InChI=1S/C19H31NO/c1-15-8-10-17(11-9-15)12-13-20-16(2)14-18-6-4-5-7-19(18)21-3/h4-7,15-17,20H,8-14H2,1-3H3. The van der Waals surface area contributed by atoms with Crippen LogP contribution in [-0.4, -0.2) is 19.7 Å². The topological polar surface area (TPSA) is 21.3 Å². The van der Waals surface area contributed by atoms with Gasteiger partial charge in [-0.15, -0.1) is 0 Å². The summed E-state index contributed by atoms with van der Waals surface area (Å²) in [5, 5.41) is 3.69. The summed E-state index contributed by atoms with van der Waals surface area (Å²) in [5.74, 6) is 2.92. The fourth-order valence-corrected chi connectivity index (χ4v) is 3.43. The van der Waals surface area contributed by atoms with Crippen molar-refractivity contribution in [2.45, 2.75) is 58.4 Å². The SMILES string of the molecule is COc1ccccc1CC(C)NCCC1CCC(C)CC1. The number of methoxy groups -OCH3 is 1. The van der Waals surface area contributed by atoms with Crippen molar-refractivity contribution in [3.63, 3.8) is 0 Å². The molecule has 0 amide bonds. The van der Waals surface area contributed by atoms with Crippen molar-refractivity contribution in [3.05, 3.63) is 29.8 Å². The van der Waals surface area contributed by atoms with Gasteiger partial charge in [0, 0.05) is 6.04 Å². The Labute approximate surface area is 130 Å². The molecule has 2 rings (SSSR count). The summed E-state index contributed by atoms with van der Waals surface area (Å²) in [6.07, 6.45) is 8.10. The zero-order chi connectivity index (χ0) is 15.1. The molecule has 1 aromatic carbocycles. The molecule has 0 heterocycles. The maximum atomic E-state index is 5.43. The minimum absolute atomic E-state index is 0.504. The first-order chi connectivity index (χ1) is 10.2. The highest BCUT2D eigenvalue weighted by molar-refractivity contribution is 5.33. The first-order valence-electron chi connectivity index (χ1n) is 8.54. The Bertz CT molecular complexity index is 410. The zero-order valence-electron chi connectivity index (χ0n) is 13.9. The fourth-order valence-electron chi connectivity index (χ4n) is 3.43. The number of ether oxygens (including phenoxy) is 1. The Morgan fingerprint density at radius 2 is 1.90 bits per heavy atom. The molecule has 0 spiro atoms. The van der Waals surface area contributed by atoms with E-state index in [-0.39, 0.29) is 0 Å². The molecule has 0 bridgehead atoms. The van der Waals surface area contributed by atoms with Gasteiger partial charge in [0.25, 0.3) is 0 Å². The molecule has 118 valence electrons. The van der Waals surface area contributed by atoms with E-state index in [0.29, 0.717) is 6.04 Å². The van der Waals surface area contributed by atoms with Crippen molar-refractivity contribution >= 4 is 0 Å². The molecule has 0 aliphatic heterocycles. The number of hydrogen-bond donors (Lipinski definition) is 1. The molecule has 1 aliphatic carbocycles. The molecule has 2 nitrogen and oxygen atoms in total. The molecule has 0 saturated heterocycles. The van der Waals surface area contributed by atoms with Crippen LogP contribution in [-0.2, 0) is 6.42 Å². The average Bonchev–Trinajstić information content (AvgIpc) is 2.50. The van der Waals surface area contributed by atoms with E-state index in [9.17, 15) is 0 Å². The molecule has 1 saturated carbocycles. The van der Waals surface area contributed by atoms with Crippen LogP contribution in [0.25, 0.3) is 0 Å². The van der Waals surface area contributed by atoms with E-state index in [1.807, 2.05) is 12.1 Å². The number of rotatable bonds is 7. The molecule has 1 aliphatic rings. The molecule has 1 aromatic rings. The fraction of sp³-hybridized carbons (Fsp3) is 0.684. The monoisotopic (exact) mass is 289 g/mol. The van der Waals surface area contributed by atoms with Crippen LogP contribution in [0.2, 0.25) is 0 Å². The van der Waals surface area contributed by atoms with E-state index in [4.69, 9.17) is 4.74 Å². The van der Waals surface area contributed by atoms with E-state index in [1.165, 1.54) is 37.7 Å². The van der Waals surface area contributed by atoms with Crippen LogP contribution in [0.4, 0.5) is 0 Å². The summed E-state index contributed by atoms with van der Waals surface area (Å²) in [7, 11) is 1.75. The van der Waals surface area contributed by atoms with E-state index in [0.717, 1.165) is 30.6 Å². The van der Waals surface area contributed by atoms with Crippen LogP contribution >= 0.6 is 0 Å². The van der Waals surface area contributed by atoms with Crippen molar-refractivity contribution in [2.24, 2.45) is 11.8 Å². The van der Waals surface area contributed by atoms with Gasteiger partial charge in [-0.3, -0.25) is 0 Å². The lowest BCUT2D eigenvalue weighted by Gasteiger charge is -2.26. The summed E-state index contributed by atoms with van der Waals surface area (Å²) >= 11 is 0. The summed E-state index contributed by atoms with van der Waals surface area (Å²) < 4.78 is 5.43. The van der Waals surface area contributed by atoms with Crippen LogP contribution in [0, 0.1) is 11.8 Å². The predicted molar refractivity (Wildman–Crippen MR) is 89.9 cm³/mol. The first kappa shape index (κ1) is 16.4. The second-order valence-corrected chi connectivity index (χ2v) is 6.79. The molecule has 21 heavy (non-hydrogen) atoms. The third kappa shape index (κ3) is 5.35. The van der Waals surface area contributed by atoms with Crippen molar-refractivity contribution in [2.75, 3.05) is 13.7 Å². The number of benzene rings is 1. The van der Waals surface area contributed by atoms with Gasteiger partial charge in [-0.25, -0.2) is 0 Å². The predicted octanol–water partition coefficient (Wildman–Crippen LogP) is 4.43. The van der Waals surface area contributed by atoms with E-state index in [2.05, 4.69) is 31.3 Å². The minimum Gasteiger partial charge on any atom is -0.496 e. The quantitative estimate of drug-likeness (QED) is 0.801. The van der Waals surface area contributed by atoms with Crippen molar-refractivity contribution in [1.29, 1.82) is 0 Å². The minimum atomic E-state index is 0.504. The number of para-hydroxylation sites is 1. The Kier molecular flexibility index (Phi) is 6.56. The molecule has 1 fully saturated rings. The molecule has 1 N–H and O–H groups in total. The number of hydrogen-bond acceptors (Lipinski definition) is 2. The van der Waals surface area contributed by atoms with Gasteiger partial charge >= 0.3 is 0 Å². The lowest BCUT2D eigenvalue weighted by Crippen LogP contribution is -2.30. The van der Waals surface area contributed by atoms with Gasteiger partial charge < -0.3 is 10.1 Å². The van der Waals surface area contributed by atoms with Gasteiger partial charge in [-0.2, -0.15) is 0 Å². The average molecular weight is 289 g/mol. The Balaban J connectivity index is 1.69. The second kappa shape index (κ2) is 8.43. The van der Waals surface area contributed by atoms with Crippen molar-refractivity contribution in [1.82, 2.24) is 5.32 Å². The zero-order valence-corrected chi connectivity index (χ0v) is 13.9. The van der Waals surface area contributed by atoms with E-state index < -0.39 is 0 Å². The highest BCUT2D eigenvalue weighted by Gasteiger charge is 2.18. The van der Waals surface area contributed by atoms with Gasteiger partial charge in [0.05, 0.1) is 7.11 Å². The van der Waals surface area contributed by atoms with Gasteiger partial charge in [0.15, 0.2) is 0 Å². The van der Waals surface area contributed by atoms with Gasteiger partial charge in [-0.1, -0.05) is 50.8 Å². The van der Waals surface area contributed by atoms with E-state index >= 15 is 0 Å². The van der Waals surface area contributed by atoms with E-state index in [1.54, 1.807) is 7.11 Å². The summed E-state index contributed by atoms with van der Waals surface area (Å²) in [6, 6.07) is 8.84. The summed E-state index contributed by atoms with van der Waals surface area (Å²) in [5.41, 5.74) is 1.30. The van der Waals surface area contributed by atoms with Crippen molar-refractivity contribution < 1.29 is 4.74 Å². The van der Waals surface area contributed by atoms with Gasteiger partial charge in [0.1, 0.15) is 5.75 Å². The molecule has 1 atom stereocenters. The Hall–Kier alpha value is -1.02. The molecule has 0 aromatic heterocycles. The Morgan fingerprint density at radius 1 is 1.19 bits per heavy atom. The Morgan fingerprint density at radius 3 is 2.62 bits per heavy atom. The molecule has 1 unspecified atom stereocenters. The van der Waals surface area contributed by atoms with Crippen LogP contribution < -0.4 is 10.1 Å². The maximum absolute atomic E-state index is 5.43. The molecular weight excluding hydrogens is 258 g/mol. The first-order valence-corrected chi connectivity index (χ1v) is 8.54. The third-order valence-corrected chi connectivity index (χ3v) is 4.90. The summed E-state index contributed by atoms with van der Waals surface area (Å²) in [4.78, 5) is 0. The van der Waals surface area contributed by atoms with Crippen LogP contribution in [0.5, 0.6) is 5.75 Å². The van der Waals surface area contributed by atoms with Gasteiger partial charge in [0.2, 0.25) is 0 Å². The van der Waals surface area contributed by atoms with Crippen LogP contribution in [0.1, 0.15) is 51.5 Å². The lowest BCUT2D eigenvalue weighted by molar-refractivity contribution is 0.273. The van der Waals surface area contributed by atoms with Crippen LogP contribution in [0.3, 0.4) is 0 Å². The highest BCUT2D eigenvalue weighted by atomic mass is 16.5. The summed E-state index contributed by atoms with van der Waals surface area (Å²) in [6.45, 7) is 5.81. The smallest absolute Gasteiger partial charge is 0.122 e. The number of nitrogens with one attached hydrogen (secondary N) is 1. The molecular formula is C19H31NO. The van der Waals surface area contributed by atoms with Crippen LogP contribution in [0.15, 0.2) is 24.3 Å². The third-order valence-electron chi connectivity index (χ3n) is 4.90. The normalized spacial score (nSPS) is 23.8. The largest absolute Gasteiger partial charge is 0.496 e. The second-order valence-electron chi connectivity index (χ2n) is 6.79. The lowest BCUT2D eigenvalue weighted by atomic mass is 9.81. The molecule has 0 radical (unpaired) electrons. The maximum Gasteiger partial charge on any atom is 0.122 e.